The summed E-state index contributed by atoms with van der Waals surface area (Å²) in [5, 5.41) is 0. The van der Waals surface area contributed by atoms with Crippen LogP contribution < -0.4 is 0 Å². The smallest absolute Gasteiger partial charge is 0.00956 e. The third-order valence-corrected chi connectivity index (χ3v) is 5.76. The molecule has 1 aliphatic heterocycles. The molecule has 16 heavy (non-hydrogen) atoms. The number of hydrogen-bond acceptors (Lipinski definition) is 1. The van der Waals surface area contributed by atoms with Crippen molar-refractivity contribution in [1.29, 1.82) is 0 Å². The van der Waals surface area contributed by atoms with E-state index in [0.717, 1.165) is 17.4 Å². The van der Waals surface area contributed by atoms with Crippen LogP contribution in [-0.4, -0.2) is 24.0 Å². The first kappa shape index (κ1) is 11.1. The highest BCUT2D eigenvalue weighted by atomic mass is 15.2. The summed E-state index contributed by atoms with van der Waals surface area (Å²) in [4.78, 5) is 2.73. The molecule has 92 valence electrons. The van der Waals surface area contributed by atoms with Crippen molar-refractivity contribution in [2.24, 2.45) is 11.3 Å². The van der Waals surface area contributed by atoms with Gasteiger partial charge in [0.15, 0.2) is 0 Å². The molecule has 3 aliphatic rings. The fourth-order valence-electron chi connectivity index (χ4n) is 4.16. The maximum absolute atomic E-state index is 2.73. The third kappa shape index (κ3) is 2.03. The second-order valence-electron chi connectivity index (χ2n) is 6.80. The lowest BCUT2D eigenvalue weighted by atomic mass is 9.62. The minimum atomic E-state index is 0.799. The van der Waals surface area contributed by atoms with E-state index >= 15 is 0 Å². The van der Waals surface area contributed by atoms with E-state index in [1.807, 2.05) is 0 Å². The monoisotopic (exact) mass is 221 g/mol. The Hall–Kier alpha value is -0.0400. The largest absolute Gasteiger partial charge is 0.300 e. The van der Waals surface area contributed by atoms with E-state index in [9.17, 15) is 0 Å². The van der Waals surface area contributed by atoms with Crippen molar-refractivity contribution in [1.82, 2.24) is 4.90 Å². The first-order valence-corrected chi connectivity index (χ1v) is 7.52. The Bertz CT molecular complexity index is 226. The van der Waals surface area contributed by atoms with Crippen molar-refractivity contribution in [3.63, 3.8) is 0 Å². The van der Waals surface area contributed by atoms with Gasteiger partial charge >= 0.3 is 0 Å². The van der Waals surface area contributed by atoms with Gasteiger partial charge in [0.05, 0.1) is 0 Å². The summed E-state index contributed by atoms with van der Waals surface area (Å²) in [7, 11) is 0. The Balaban J connectivity index is 1.53. The van der Waals surface area contributed by atoms with Crippen molar-refractivity contribution in [2.45, 2.75) is 70.8 Å². The SMILES string of the molecule is CC1CCC2(CC1)CCC(N1CCC1)CC2. The Morgan fingerprint density at radius 2 is 1.44 bits per heavy atom. The van der Waals surface area contributed by atoms with Gasteiger partial charge in [-0.3, -0.25) is 0 Å². The topological polar surface area (TPSA) is 3.24 Å². The molecule has 2 saturated carbocycles. The predicted molar refractivity (Wildman–Crippen MR) is 68.5 cm³/mol. The van der Waals surface area contributed by atoms with Crippen molar-refractivity contribution in [3.05, 3.63) is 0 Å². The van der Waals surface area contributed by atoms with E-state index in [0.29, 0.717) is 0 Å². The van der Waals surface area contributed by atoms with Crippen LogP contribution in [-0.2, 0) is 0 Å². The summed E-state index contributed by atoms with van der Waals surface area (Å²) >= 11 is 0. The molecule has 0 aromatic rings. The van der Waals surface area contributed by atoms with Crippen LogP contribution in [0.2, 0.25) is 0 Å². The summed E-state index contributed by atoms with van der Waals surface area (Å²) in [6, 6.07) is 0.971. The molecule has 3 rings (SSSR count). The molecule has 1 saturated heterocycles. The molecule has 0 aromatic carbocycles. The molecule has 3 fully saturated rings. The molecule has 0 aromatic heterocycles. The average Bonchev–Trinajstić information content (AvgIpc) is 2.24. The molecule has 1 spiro atoms. The molecule has 1 heteroatoms. The van der Waals surface area contributed by atoms with Crippen LogP contribution in [0.3, 0.4) is 0 Å². The lowest BCUT2D eigenvalue weighted by molar-refractivity contribution is 0.0258. The van der Waals surface area contributed by atoms with Gasteiger partial charge in [0.25, 0.3) is 0 Å². The second kappa shape index (κ2) is 4.33. The predicted octanol–water partition coefficient (Wildman–Crippen LogP) is 3.83. The first-order chi connectivity index (χ1) is 7.77. The molecule has 1 heterocycles. The second-order valence-corrected chi connectivity index (χ2v) is 6.80. The van der Waals surface area contributed by atoms with Crippen molar-refractivity contribution < 1.29 is 0 Å². The number of likely N-dealkylation sites (tertiary alicyclic amines) is 1. The fourth-order valence-corrected chi connectivity index (χ4v) is 4.16. The maximum Gasteiger partial charge on any atom is 0.00956 e. The molecule has 0 amide bonds. The van der Waals surface area contributed by atoms with Gasteiger partial charge in [-0.1, -0.05) is 19.8 Å². The fraction of sp³-hybridized carbons (Fsp3) is 1.00. The molecule has 0 radical (unpaired) electrons. The number of rotatable bonds is 1. The van der Waals surface area contributed by atoms with Crippen LogP contribution in [0.1, 0.15) is 64.7 Å². The van der Waals surface area contributed by atoms with Gasteiger partial charge in [-0.15, -0.1) is 0 Å². The normalized spacial score (nSPS) is 45.6. The molecular weight excluding hydrogens is 194 g/mol. The quantitative estimate of drug-likeness (QED) is 0.650. The molecular formula is C15H27N. The number of hydrogen-bond donors (Lipinski definition) is 0. The molecule has 1 nitrogen and oxygen atoms in total. The number of nitrogens with zero attached hydrogens (tertiary/aromatic N) is 1. The molecule has 0 unspecified atom stereocenters. The Labute approximate surface area is 101 Å². The van der Waals surface area contributed by atoms with E-state index in [4.69, 9.17) is 0 Å². The standard InChI is InChI=1S/C15H27N/c1-13-3-7-15(8-4-13)9-5-14(6-10-15)16-11-2-12-16/h13-14H,2-12H2,1H3. The van der Waals surface area contributed by atoms with Gasteiger partial charge < -0.3 is 4.90 Å². The van der Waals surface area contributed by atoms with E-state index in [1.54, 1.807) is 25.7 Å². The third-order valence-electron chi connectivity index (χ3n) is 5.76. The van der Waals surface area contributed by atoms with E-state index < -0.39 is 0 Å². The van der Waals surface area contributed by atoms with E-state index in [2.05, 4.69) is 11.8 Å². The van der Waals surface area contributed by atoms with Gasteiger partial charge in [-0.25, -0.2) is 0 Å². The molecule has 0 bridgehead atoms. The summed E-state index contributed by atoms with van der Waals surface area (Å²) in [6.07, 6.45) is 13.7. The van der Waals surface area contributed by atoms with Gasteiger partial charge in [-0.05, 0) is 69.4 Å². The van der Waals surface area contributed by atoms with Crippen LogP contribution in [0.25, 0.3) is 0 Å². The van der Waals surface area contributed by atoms with Gasteiger partial charge in [0.1, 0.15) is 0 Å². The van der Waals surface area contributed by atoms with Crippen LogP contribution >= 0.6 is 0 Å². The van der Waals surface area contributed by atoms with Crippen LogP contribution in [0.4, 0.5) is 0 Å². The Kier molecular flexibility index (Phi) is 2.99. The highest BCUT2D eigenvalue weighted by Crippen LogP contribution is 2.49. The minimum Gasteiger partial charge on any atom is -0.300 e. The lowest BCUT2D eigenvalue weighted by Gasteiger charge is -2.48. The first-order valence-electron chi connectivity index (χ1n) is 7.52. The summed E-state index contributed by atoms with van der Waals surface area (Å²) in [5.41, 5.74) is 0.799. The maximum atomic E-state index is 2.73. The average molecular weight is 221 g/mol. The van der Waals surface area contributed by atoms with Crippen molar-refractivity contribution >= 4 is 0 Å². The zero-order valence-corrected chi connectivity index (χ0v) is 10.9. The molecule has 0 N–H and O–H groups in total. The van der Waals surface area contributed by atoms with Gasteiger partial charge in [0.2, 0.25) is 0 Å². The van der Waals surface area contributed by atoms with Crippen molar-refractivity contribution in [2.75, 3.05) is 13.1 Å². The van der Waals surface area contributed by atoms with Gasteiger partial charge in [0, 0.05) is 6.04 Å². The molecule has 0 atom stereocenters. The zero-order valence-electron chi connectivity index (χ0n) is 10.9. The molecule has 2 aliphatic carbocycles. The van der Waals surface area contributed by atoms with Crippen LogP contribution in [0, 0.1) is 11.3 Å². The lowest BCUT2D eigenvalue weighted by Crippen LogP contribution is -2.48. The van der Waals surface area contributed by atoms with E-state index in [-0.39, 0.29) is 0 Å². The van der Waals surface area contributed by atoms with Gasteiger partial charge in [-0.2, -0.15) is 0 Å². The summed E-state index contributed by atoms with van der Waals surface area (Å²) in [6.45, 7) is 5.24. The summed E-state index contributed by atoms with van der Waals surface area (Å²) < 4.78 is 0. The highest BCUT2D eigenvalue weighted by molar-refractivity contribution is 4.92. The Morgan fingerprint density at radius 3 is 1.94 bits per heavy atom. The Morgan fingerprint density at radius 1 is 0.875 bits per heavy atom. The van der Waals surface area contributed by atoms with Crippen molar-refractivity contribution in [3.8, 4) is 0 Å². The van der Waals surface area contributed by atoms with Crippen LogP contribution in [0.5, 0.6) is 0 Å². The highest BCUT2D eigenvalue weighted by Gasteiger charge is 2.39. The van der Waals surface area contributed by atoms with E-state index in [1.165, 1.54) is 45.2 Å². The zero-order chi connectivity index (χ0) is 11.0. The van der Waals surface area contributed by atoms with Crippen LogP contribution in [0.15, 0.2) is 0 Å². The summed E-state index contributed by atoms with van der Waals surface area (Å²) in [5.74, 6) is 1.01. The minimum absolute atomic E-state index is 0.799.